The average molecular weight is 322 g/mol. The third kappa shape index (κ3) is 3.48. The van der Waals surface area contributed by atoms with Crippen LogP contribution in [-0.2, 0) is 16.1 Å². The summed E-state index contributed by atoms with van der Waals surface area (Å²) in [6.45, 7) is 4.94. The Bertz CT molecular complexity index is 755. The highest BCUT2D eigenvalue weighted by Crippen LogP contribution is 2.28. The van der Waals surface area contributed by atoms with Crippen LogP contribution in [0.1, 0.15) is 23.1 Å². The van der Waals surface area contributed by atoms with Crippen molar-refractivity contribution < 1.29 is 9.59 Å². The van der Waals surface area contributed by atoms with Crippen LogP contribution in [-0.4, -0.2) is 18.4 Å². The zero-order valence-electron chi connectivity index (χ0n) is 14.1. The Morgan fingerprint density at radius 1 is 1.17 bits per heavy atom. The van der Waals surface area contributed by atoms with Crippen LogP contribution in [0, 0.1) is 19.8 Å². The molecule has 0 radical (unpaired) electrons. The fraction of sp³-hybridized carbons (Fsp3) is 0.300. The van der Waals surface area contributed by atoms with Crippen LogP contribution in [0.25, 0.3) is 0 Å². The zero-order chi connectivity index (χ0) is 17.1. The largest absolute Gasteiger partial charge is 0.352 e. The van der Waals surface area contributed by atoms with Gasteiger partial charge in [-0.25, -0.2) is 0 Å². The number of nitrogens with zero attached hydrogens (tertiary/aromatic N) is 1. The Labute approximate surface area is 142 Å². The molecule has 0 aromatic heterocycles. The first-order chi connectivity index (χ1) is 11.5. The van der Waals surface area contributed by atoms with Gasteiger partial charge in [-0.1, -0.05) is 42.5 Å². The Kier molecular flexibility index (Phi) is 4.65. The van der Waals surface area contributed by atoms with Gasteiger partial charge >= 0.3 is 0 Å². The van der Waals surface area contributed by atoms with Gasteiger partial charge in [-0.15, -0.1) is 0 Å². The minimum Gasteiger partial charge on any atom is -0.352 e. The molecule has 0 saturated carbocycles. The maximum absolute atomic E-state index is 12.4. The van der Waals surface area contributed by atoms with Crippen LogP contribution in [0.5, 0.6) is 0 Å². The fourth-order valence-corrected chi connectivity index (χ4v) is 3.06. The summed E-state index contributed by atoms with van der Waals surface area (Å²) < 4.78 is 0. The number of anilines is 1. The van der Waals surface area contributed by atoms with Crippen molar-refractivity contribution >= 4 is 17.5 Å². The first-order valence-corrected chi connectivity index (χ1v) is 8.24. The second kappa shape index (κ2) is 6.87. The predicted molar refractivity (Wildman–Crippen MR) is 94.7 cm³/mol. The number of rotatable bonds is 4. The molecule has 2 amide bonds. The lowest BCUT2D eigenvalue weighted by Crippen LogP contribution is -2.32. The number of amides is 2. The number of hydrogen-bond donors (Lipinski definition) is 1. The van der Waals surface area contributed by atoms with E-state index in [4.69, 9.17) is 0 Å². The molecule has 1 aliphatic rings. The molecule has 3 rings (SSSR count). The molecule has 2 aromatic carbocycles. The second-order valence-corrected chi connectivity index (χ2v) is 6.40. The highest BCUT2D eigenvalue weighted by atomic mass is 16.2. The fourth-order valence-electron chi connectivity index (χ4n) is 3.06. The van der Waals surface area contributed by atoms with Crippen molar-refractivity contribution in [1.82, 2.24) is 5.32 Å². The van der Waals surface area contributed by atoms with E-state index >= 15 is 0 Å². The number of nitrogens with one attached hydrogen (secondary N) is 1. The Morgan fingerprint density at radius 3 is 2.67 bits per heavy atom. The summed E-state index contributed by atoms with van der Waals surface area (Å²) in [5.41, 5.74) is 4.14. The molecular formula is C20H22N2O2. The van der Waals surface area contributed by atoms with Gasteiger partial charge in [0, 0.05) is 25.2 Å². The van der Waals surface area contributed by atoms with Crippen molar-refractivity contribution in [2.75, 3.05) is 11.4 Å². The normalized spacial score (nSPS) is 17.2. The molecule has 2 aromatic rings. The Balaban J connectivity index is 1.66. The zero-order valence-corrected chi connectivity index (χ0v) is 14.1. The van der Waals surface area contributed by atoms with E-state index in [0.717, 1.165) is 22.4 Å². The van der Waals surface area contributed by atoms with Gasteiger partial charge in [-0.2, -0.15) is 0 Å². The summed E-state index contributed by atoms with van der Waals surface area (Å²) in [7, 11) is 0. The van der Waals surface area contributed by atoms with Gasteiger partial charge < -0.3 is 10.2 Å². The number of aryl methyl sites for hydroxylation is 2. The molecule has 1 N–H and O–H groups in total. The molecule has 1 atom stereocenters. The third-order valence-electron chi connectivity index (χ3n) is 4.46. The van der Waals surface area contributed by atoms with E-state index in [2.05, 4.69) is 5.32 Å². The Hall–Kier alpha value is -2.62. The minimum atomic E-state index is -0.291. The Morgan fingerprint density at radius 2 is 1.92 bits per heavy atom. The minimum absolute atomic E-state index is 0.0172. The van der Waals surface area contributed by atoms with Crippen LogP contribution in [0.2, 0.25) is 0 Å². The highest BCUT2D eigenvalue weighted by Gasteiger charge is 2.35. The molecule has 0 aliphatic carbocycles. The molecule has 1 heterocycles. The molecule has 4 nitrogen and oxygen atoms in total. The number of benzene rings is 2. The van der Waals surface area contributed by atoms with Crippen LogP contribution in [0.15, 0.2) is 48.5 Å². The van der Waals surface area contributed by atoms with Gasteiger partial charge in [-0.05, 0) is 36.6 Å². The molecule has 24 heavy (non-hydrogen) atoms. The quantitative estimate of drug-likeness (QED) is 0.941. The maximum atomic E-state index is 12.4. The standard InChI is InChI=1S/C20H22N2O2/c1-14-8-9-15(2)18(10-14)22-13-17(11-19(22)23)20(24)21-12-16-6-4-3-5-7-16/h3-10,17H,11-13H2,1-2H3,(H,21,24)/t17-/m1/s1. The van der Waals surface area contributed by atoms with E-state index in [9.17, 15) is 9.59 Å². The molecule has 1 aliphatic heterocycles. The smallest absolute Gasteiger partial charge is 0.227 e. The van der Waals surface area contributed by atoms with Gasteiger partial charge in [0.15, 0.2) is 0 Å². The molecule has 0 spiro atoms. The van der Waals surface area contributed by atoms with Gasteiger partial charge in [0.1, 0.15) is 0 Å². The molecule has 0 unspecified atom stereocenters. The summed E-state index contributed by atoms with van der Waals surface area (Å²) in [5.74, 6) is -0.329. The summed E-state index contributed by atoms with van der Waals surface area (Å²) in [6, 6.07) is 15.8. The van der Waals surface area contributed by atoms with Gasteiger partial charge in [0.25, 0.3) is 0 Å². The molecule has 1 fully saturated rings. The summed E-state index contributed by atoms with van der Waals surface area (Å²) in [6.07, 6.45) is 0.272. The monoisotopic (exact) mass is 322 g/mol. The van der Waals surface area contributed by atoms with Crippen molar-refractivity contribution in [2.45, 2.75) is 26.8 Å². The van der Waals surface area contributed by atoms with Crippen molar-refractivity contribution in [2.24, 2.45) is 5.92 Å². The first kappa shape index (κ1) is 16.2. The van der Waals surface area contributed by atoms with E-state index < -0.39 is 0 Å². The lowest BCUT2D eigenvalue weighted by molar-refractivity contribution is -0.126. The molecule has 4 heteroatoms. The van der Waals surface area contributed by atoms with Crippen LogP contribution in [0.3, 0.4) is 0 Å². The average Bonchev–Trinajstić information content (AvgIpc) is 2.97. The highest BCUT2D eigenvalue weighted by molar-refractivity contribution is 6.00. The summed E-state index contributed by atoms with van der Waals surface area (Å²) in [4.78, 5) is 26.5. The lowest BCUT2D eigenvalue weighted by Gasteiger charge is -2.19. The molecule has 124 valence electrons. The first-order valence-electron chi connectivity index (χ1n) is 8.24. The number of carbonyl (C=O) groups excluding carboxylic acids is 2. The molecule has 0 bridgehead atoms. The van der Waals surface area contributed by atoms with Gasteiger partial charge in [0.05, 0.1) is 5.92 Å². The third-order valence-corrected chi connectivity index (χ3v) is 4.46. The molecule has 1 saturated heterocycles. The predicted octanol–water partition coefficient (Wildman–Crippen LogP) is 2.97. The second-order valence-electron chi connectivity index (χ2n) is 6.40. The van der Waals surface area contributed by atoms with Crippen molar-refractivity contribution in [3.8, 4) is 0 Å². The van der Waals surface area contributed by atoms with E-state index in [1.165, 1.54) is 0 Å². The topological polar surface area (TPSA) is 49.4 Å². The van der Waals surface area contributed by atoms with Crippen molar-refractivity contribution in [3.63, 3.8) is 0 Å². The summed E-state index contributed by atoms with van der Waals surface area (Å²) >= 11 is 0. The van der Waals surface area contributed by atoms with Crippen molar-refractivity contribution in [3.05, 3.63) is 65.2 Å². The van der Waals surface area contributed by atoms with Crippen LogP contribution < -0.4 is 10.2 Å². The van der Waals surface area contributed by atoms with E-state index in [-0.39, 0.29) is 24.2 Å². The van der Waals surface area contributed by atoms with E-state index in [0.29, 0.717) is 13.1 Å². The van der Waals surface area contributed by atoms with Crippen LogP contribution >= 0.6 is 0 Å². The van der Waals surface area contributed by atoms with Crippen molar-refractivity contribution in [1.29, 1.82) is 0 Å². The van der Waals surface area contributed by atoms with Crippen LogP contribution in [0.4, 0.5) is 5.69 Å². The SMILES string of the molecule is Cc1ccc(C)c(N2C[C@H](C(=O)NCc3ccccc3)CC2=O)c1. The number of carbonyl (C=O) groups is 2. The lowest BCUT2D eigenvalue weighted by atomic mass is 10.1. The van der Waals surface area contributed by atoms with Gasteiger partial charge in [0.2, 0.25) is 11.8 Å². The van der Waals surface area contributed by atoms with Gasteiger partial charge in [-0.3, -0.25) is 9.59 Å². The molecular weight excluding hydrogens is 300 g/mol. The maximum Gasteiger partial charge on any atom is 0.227 e. The van der Waals surface area contributed by atoms with E-state index in [1.54, 1.807) is 4.90 Å². The number of hydrogen-bond acceptors (Lipinski definition) is 2. The summed E-state index contributed by atoms with van der Waals surface area (Å²) in [5, 5.41) is 2.94. The van der Waals surface area contributed by atoms with E-state index in [1.807, 2.05) is 62.4 Å².